The van der Waals surface area contributed by atoms with Crippen molar-refractivity contribution in [1.29, 1.82) is 0 Å². The normalized spacial score (nSPS) is 19.1. The van der Waals surface area contributed by atoms with E-state index < -0.39 is 11.8 Å². The summed E-state index contributed by atoms with van der Waals surface area (Å²) in [6, 6.07) is 1.88. The maximum Gasteiger partial charge on any atom is 0.314 e. The van der Waals surface area contributed by atoms with Gasteiger partial charge in [-0.1, -0.05) is 13.0 Å². The molecule has 0 aromatic carbocycles. The zero-order valence-electron chi connectivity index (χ0n) is 17.3. The number of rotatable bonds is 2. The van der Waals surface area contributed by atoms with Gasteiger partial charge in [0.2, 0.25) is 0 Å². The minimum atomic E-state index is -0.714. The first-order valence-corrected chi connectivity index (χ1v) is 9.97. The number of aromatic nitrogens is 4. The average molecular weight is 407 g/mol. The number of nitrogen functional groups attached to an aromatic ring is 1. The van der Waals surface area contributed by atoms with E-state index in [0.29, 0.717) is 34.9 Å². The molecule has 3 aromatic heterocycles. The largest absolute Gasteiger partial charge is 0.383 e. The number of hydrogen-bond acceptors (Lipinski definition) is 6. The molecule has 2 atom stereocenters. The highest BCUT2D eigenvalue weighted by molar-refractivity contribution is 6.40. The quantitative estimate of drug-likeness (QED) is 0.560. The number of aromatic amines is 1. The van der Waals surface area contributed by atoms with Gasteiger partial charge in [0.1, 0.15) is 5.82 Å². The summed E-state index contributed by atoms with van der Waals surface area (Å²) in [5, 5.41) is 9.99. The van der Waals surface area contributed by atoms with Crippen LogP contribution < -0.4 is 11.1 Å². The number of nitrogens with zero attached hydrogens (tertiary/aromatic N) is 4. The molecule has 9 nitrogen and oxygen atoms in total. The van der Waals surface area contributed by atoms with E-state index in [-0.39, 0.29) is 6.04 Å². The number of amides is 2. The summed E-state index contributed by atoms with van der Waals surface area (Å²) in [6.45, 7) is 6.56. The number of carbonyl (C=O) groups is 2. The number of piperidine rings is 1. The first-order chi connectivity index (χ1) is 14.3. The van der Waals surface area contributed by atoms with Crippen LogP contribution >= 0.6 is 0 Å². The van der Waals surface area contributed by atoms with E-state index in [9.17, 15) is 9.59 Å². The van der Waals surface area contributed by atoms with Crippen molar-refractivity contribution in [2.24, 2.45) is 5.92 Å². The second-order valence-corrected chi connectivity index (χ2v) is 8.00. The highest BCUT2D eigenvalue weighted by atomic mass is 16.2. The van der Waals surface area contributed by atoms with E-state index in [4.69, 9.17) is 5.73 Å². The number of H-pyrrole nitrogens is 1. The molecule has 1 fully saturated rings. The summed E-state index contributed by atoms with van der Waals surface area (Å²) in [5.74, 6) is -0.673. The second kappa shape index (κ2) is 7.74. The zero-order valence-corrected chi connectivity index (χ0v) is 17.3. The molecule has 0 bridgehead atoms. The summed E-state index contributed by atoms with van der Waals surface area (Å²) in [7, 11) is 0. The molecule has 156 valence electrons. The molecule has 0 aliphatic carbocycles. The fraction of sp³-hybridized carbons (Fsp3) is 0.381. The van der Waals surface area contributed by atoms with Crippen LogP contribution in [0.25, 0.3) is 10.9 Å². The van der Waals surface area contributed by atoms with E-state index in [0.717, 1.165) is 29.7 Å². The standard InChI is InChI=1S/C21H25N7O2/c1-11-4-5-17(14-6-12(2)13(3)23-7-14)28(10-11)21(30)20(29)26-16-9-24-19(22)15-8-25-27-18(15)16/h6-9,11,17H,4-5,10H2,1-3H3,(H2,22,24)(H,25,27)(H,26,29)/t11-,17+/m0/s1. The van der Waals surface area contributed by atoms with Gasteiger partial charge in [0.25, 0.3) is 0 Å². The first kappa shape index (κ1) is 19.8. The van der Waals surface area contributed by atoms with Gasteiger partial charge in [0.05, 0.1) is 35.0 Å². The van der Waals surface area contributed by atoms with Gasteiger partial charge in [-0.15, -0.1) is 0 Å². The molecule has 30 heavy (non-hydrogen) atoms. The summed E-state index contributed by atoms with van der Waals surface area (Å²) in [6.07, 6.45) is 6.53. The Morgan fingerprint density at radius 1 is 1.20 bits per heavy atom. The van der Waals surface area contributed by atoms with Crippen molar-refractivity contribution in [2.75, 3.05) is 17.6 Å². The fourth-order valence-electron chi connectivity index (χ4n) is 3.93. The Kier molecular flexibility index (Phi) is 5.11. The molecule has 0 unspecified atom stereocenters. The van der Waals surface area contributed by atoms with Crippen molar-refractivity contribution in [3.63, 3.8) is 0 Å². The molecule has 0 spiro atoms. The Hall–Kier alpha value is -3.49. The zero-order chi connectivity index (χ0) is 21.4. The van der Waals surface area contributed by atoms with E-state index in [1.165, 1.54) is 12.4 Å². The summed E-state index contributed by atoms with van der Waals surface area (Å²) in [4.78, 5) is 36.2. The maximum atomic E-state index is 13.1. The minimum Gasteiger partial charge on any atom is -0.383 e. The van der Waals surface area contributed by atoms with E-state index in [2.05, 4.69) is 38.5 Å². The molecule has 1 aliphatic rings. The molecule has 1 aliphatic heterocycles. The van der Waals surface area contributed by atoms with Crippen LogP contribution in [0.15, 0.2) is 24.7 Å². The van der Waals surface area contributed by atoms with Crippen molar-refractivity contribution in [1.82, 2.24) is 25.1 Å². The van der Waals surface area contributed by atoms with Gasteiger partial charge in [-0.2, -0.15) is 5.10 Å². The molecule has 4 N–H and O–H groups in total. The van der Waals surface area contributed by atoms with Crippen LogP contribution in [-0.2, 0) is 9.59 Å². The molecular weight excluding hydrogens is 382 g/mol. The Morgan fingerprint density at radius 3 is 2.77 bits per heavy atom. The average Bonchev–Trinajstić information content (AvgIpc) is 3.23. The number of aryl methyl sites for hydroxylation is 2. The maximum absolute atomic E-state index is 13.1. The van der Waals surface area contributed by atoms with Crippen molar-refractivity contribution in [2.45, 2.75) is 39.7 Å². The van der Waals surface area contributed by atoms with Crippen molar-refractivity contribution in [3.8, 4) is 0 Å². The third kappa shape index (κ3) is 3.58. The van der Waals surface area contributed by atoms with Gasteiger partial charge in [-0.3, -0.25) is 19.7 Å². The summed E-state index contributed by atoms with van der Waals surface area (Å²) in [5.41, 5.74) is 9.71. The molecule has 9 heteroatoms. The van der Waals surface area contributed by atoms with Crippen molar-refractivity contribution in [3.05, 3.63) is 41.5 Å². The van der Waals surface area contributed by atoms with Gasteiger partial charge in [-0.25, -0.2) is 4.98 Å². The fourth-order valence-corrected chi connectivity index (χ4v) is 3.93. The lowest BCUT2D eigenvalue weighted by molar-refractivity contribution is -0.146. The molecule has 2 amide bonds. The third-order valence-electron chi connectivity index (χ3n) is 5.78. The summed E-state index contributed by atoms with van der Waals surface area (Å²) >= 11 is 0. The number of anilines is 2. The molecule has 0 saturated carbocycles. The highest BCUT2D eigenvalue weighted by Crippen LogP contribution is 2.34. The highest BCUT2D eigenvalue weighted by Gasteiger charge is 2.34. The Morgan fingerprint density at radius 2 is 2.00 bits per heavy atom. The lowest BCUT2D eigenvalue weighted by Gasteiger charge is -2.38. The summed E-state index contributed by atoms with van der Waals surface area (Å²) < 4.78 is 0. The Balaban J connectivity index is 1.60. The molecule has 0 radical (unpaired) electrons. The smallest absolute Gasteiger partial charge is 0.314 e. The van der Waals surface area contributed by atoms with Crippen LogP contribution in [-0.4, -0.2) is 43.4 Å². The molecule has 1 saturated heterocycles. The van der Waals surface area contributed by atoms with Crippen LogP contribution in [0.3, 0.4) is 0 Å². The number of hydrogen-bond donors (Lipinski definition) is 3. The van der Waals surface area contributed by atoms with Crippen LogP contribution in [0.4, 0.5) is 11.5 Å². The second-order valence-electron chi connectivity index (χ2n) is 8.00. The van der Waals surface area contributed by atoms with Crippen LogP contribution in [0, 0.1) is 19.8 Å². The third-order valence-corrected chi connectivity index (χ3v) is 5.78. The number of likely N-dealkylation sites (tertiary alicyclic amines) is 1. The Bertz CT molecular complexity index is 1120. The topological polar surface area (TPSA) is 130 Å². The molecule has 3 aromatic rings. The predicted octanol–water partition coefficient (Wildman–Crippen LogP) is 2.49. The Labute approximate surface area is 174 Å². The SMILES string of the molecule is Cc1cc([C@H]2CC[C@H](C)CN2C(=O)C(=O)Nc2cnc(N)c3cn[nH]c23)cnc1C. The van der Waals surface area contributed by atoms with Crippen LogP contribution in [0.2, 0.25) is 0 Å². The van der Waals surface area contributed by atoms with Crippen LogP contribution in [0.5, 0.6) is 0 Å². The van der Waals surface area contributed by atoms with E-state index in [1.54, 1.807) is 11.1 Å². The first-order valence-electron chi connectivity index (χ1n) is 9.97. The van der Waals surface area contributed by atoms with Gasteiger partial charge in [0, 0.05) is 18.4 Å². The van der Waals surface area contributed by atoms with E-state index in [1.807, 2.05) is 13.8 Å². The number of nitrogens with two attached hydrogens (primary N) is 1. The monoisotopic (exact) mass is 407 g/mol. The number of nitrogens with one attached hydrogen (secondary N) is 2. The van der Waals surface area contributed by atoms with Gasteiger partial charge in [0.15, 0.2) is 0 Å². The number of carbonyl (C=O) groups excluding carboxylic acids is 2. The van der Waals surface area contributed by atoms with Gasteiger partial charge < -0.3 is 16.0 Å². The molecule has 4 rings (SSSR count). The minimum absolute atomic E-state index is 0.178. The van der Waals surface area contributed by atoms with Crippen molar-refractivity contribution >= 4 is 34.2 Å². The van der Waals surface area contributed by atoms with Crippen LogP contribution in [0.1, 0.15) is 42.6 Å². The lowest BCUT2D eigenvalue weighted by Crippen LogP contribution is -2.46. The molecule has 4 heterocycles. The van der Waals surface area contributed by atoms with E-state index >= 15 is 0 Å². The van der Waals surface area contributed by atoms with Crippen molar-refractivity contribution < 1.29 is 9.59 Å². The predicted molar refractivity (Wildman–Crippen MR) is 113 cm³/mol. The van der Waals surface area contributed by atoms with Gasteiger partial charge >= 0.3 is 11.8 Å². The molecular formula is C21H25N7O2. The van der Waals surface area contributed by atoms with Gasteiger partial charge in [-0.05, 0) is 43.7 Å². The lowest BCUT2D eigenvalue weighted by atomic mass is 9.90. The number of pyridine rings is 2. The number of fused-ring (bicyclic) bond motifs is 1.